The van der Waals surface area contributed by atoms with Crippen LogP contribution in [0.5, 0.6) is 5.75 Å². The number of halogens is 2. The Morgan fingerprint density at radius 3 is 2.93 bits per heavy atom. The lowest BCUT2D eigenvalue weighted by Crippen LogP contribution is -2.39. The molecule has 2 heterocycles. The van der Waals surface area contributed by atoms with Crippen molar-refractivity contribution in [2.45, 2.75) is 20.1 Å². The van der Waals surface area contributed by atoms with Crippen molar-refractivity contribution in [3.63, 3.8) is 0 Å². The molecule has 142 valence electrons. The molecule has 1 aromatic heterocycles. The second-order valence-corrected chi connectivity index (χ2v) is 6.92. The molecule has 0 spiro atoms. The Kier molecular flexibility index (Phi) is 4.88. The van der Waals surface area contributed by atoms with E-state index in [1.807, 2.05) is 19.1 Å². The van der Waals surface area contributed by atoms with Gasteiger partial charge in [0.1, 0.15) is 23.9 Å². The Morgan fingerprint density at radius 2 is 2.11 bits per heavy atom. The number of aromatic nitrogens is 1. The minimum Gasteiger partial charge on any atom is -0.487 e. The standard InChI is InChI=1S/C21H17ClFN3O2/c1-13-4-7-16(28-12-19-17(23)3-2-8-24-19)10-20(13)26-11-14-5-6-15(22)9-18(14)25-21(26)27/h2-10H,11-12H2,1H3,(H,25,27). The van der Waals surface area contributed by atoms with Crippen LogP contribution in [0, 0.1) is 12.7 Å². The fraction of sp³-hybridized carbons (Fsp3) is 0.143. The van der Waals surface area contributed by atoms with Crippen LogP contribution in [-0.2, 0) is 13.2 Å². The number of fused-ring (bicyclic) bond motifs is 1. The second kappa shape index (κ2) is 7.48. The van der Waals surface area contributed by atoms with Crippen LogP contribution in [-0.4, -0.2) is 11.0 Å². The van der Waals surface area contributed by atoms with Gasteiger partial charge in [0.25, 0.3) is 0 Å². The summed E-state index contributed by atoms with van der Waals surface area (Å²) in [6, 6.07) is 13.5. The van der Waals surface area contributed by atoms with E-state index in [2.05, 4.69) is 10.3 Å². The zero-order valence-corrected chi connectivity index (χ0v) is 15.8. The molecule has 5 nitrogen and oxygen atoms in total. The average Bonchev–Trinajstić information content (AvgIpc) is 2.68. The first-order chi connectivity index (χ1) is 13.5. The van der Waals surface area contributed by atoms with Crippen LogP contribution in [0.2, 0.25) is 5.02 Å². The molecule has 0 atom stereocenters. The summed E-state index contributed by atoms with van der Waals surface area (Å²) in [4.78, 5) is 18.2. The average molecular weight is 398 g/mol. The number of aryl methyl sites for hydroxylation is 1. The number of ether oxygens (including phenoxy) is 1. The number of hydrogen-bond donors (Lipinski definition) is 1. The van der Waals surface area contributed by atoms with Crippen LogP contribution in [0.3, 0.4) is 0 Å². The number of nitrogens with zero attached hydrogens (tertiary/aromatic N) is 2. The van der Waals surface area contributed by atoms with Gasteiger partial charge in [-0.3, -0.25) is 9.88 Å². The molecule has 28 heavy (non-hydrogen) atoms. The molecule has 1 aliphatic heterocycles. The van der Waals surface area contributed by atoms with Gasteiger partial charge < -0.3 is 10.1 Å². The first-order valence-corrected chi connectivity index (χ1v) is 9.09. The minimum atomic E-state index is -0.416. The SMILES string of the molecule is Cc1ccc(OCc2ncccc2F)cc1N1Cc2ccc(Cl)cc2NC1=O. The summed E-state index contributed by atoms with van der Waals surface area (Å²) in [5.41, 5.74) is 3.54. The number of carbonyl (C=O) groups is 1. The van der Waals surface area contributed by atoms with Crippen molar-refractivity contribution < 1.29 is 13.9 Å². The van der Waals surface area contributed by atoms with E-state index in [4.69, 9.17) is 16.3 Å². The van der Waals surface area contributed by atoms with Gasteiger partial charge in [-0.1, -0.05) is 23.7 Å². The normalized spacial score (nSPS) is 13.1. The molecule has 4 rings (SSSR count). The molecule has 3 aromatic rings. The van der Waals surface area contributed by atoms with Gasteiger partial charge in [-0.05, 0) is 48.4 Å². The van der Waals surface area contributed by atoms with Crippen LogP contribution in [0.1, 0.15) is 16.8 Å². The Balaban J connectivity index is 1.58. The maximum absolute atomic E-state index is 13.7. The van der Waals surface area contributed by atoms with E-state index in [1.165, 1.54) is 18.3 Å². The number of urea groups is 1. The highest BCUT2D eigenvalue weighted by Gasteiger charge is 2.25. The fourth-order valence-corrected chi connectivity index (χ4v) is 3.24. The lowest BCUT2D eigenvalue weighted by molar-refractivity contribution is 0.256. The molecule has 7 heteroatoms. The van der Waals surface area contributed by atoms with Gasteiger partial charge in [-0.2, -0.15) is 0 Å². The number of anilines is 2. The Bertz CT molecular complexity index is 1060. The highest BCUT2D eigenvalue weighted by Crippen LogP contribution is 2.33. The van der Waals surface area contributed by atoms with E-state index in [-0.39, 0.29) is 18.3 Å². The highest BCUT2D eigenvalue weighted by atomic mass is 35.5. The number of carbonyl (C=O) groups excluding carboxylic acids is 1. The highest BCUT2D eigenvalue weighted by molar-refractivity contribution is 6.31. The van der Waals surface area contributed by atoms with E-state index >= 15 is 0 Å². The van der Waals surface area contributed by atoms with E-state index in [1.54, 1.807) is 29.2 Å². The lowest BCUT2D eigenvalue weighted by Gasteiger charge is -2.30. The van der Waals surface area contributed by atoms with E-state index in [0.717, 1.165) is 16.8 Å². The van der Waals surface area contributed by atoms with Crippen LogP contribution < -0.4 is 15.0 Å². The molecule has 0 aliphatic carbocycles. The zero-order chi connectivity index (χ0) is 19.7. The molecule has 1 N–H and O–H groups in total. The number of nitrogens with one attached hydrogen (secondary N) is 1. The van der Waals surface area contributed by atoms with Crippen LogP contribution in [0.4, 0.5) is 20.6 Å². The quantitative estimate of drug-likeness (QED) is 0.648. The number of benzene rings is 2. The van der Waals surface area contributed by atoms with Gasteiger partial charge in [0, 0.05) is 23.0 Å². The smallest absolute Gasteiger partial charge is 0.326 e. The minimum absolute atomic E-state index is 0.00268. The van der Waals surface area contributed by atoms with Crippen LogP contribution in [0.15, 0.2) is 54.7 Å². The van der Waals surface area contributed by atoms with Gasteiger partial charge in [0.05, 0.1) is 12.2 Å². The number of pyridine rings is 1. The molecular formula is C21H17ClFN3O2. The van der Waals surface area contributed by atoms with Gasteiger partial charge in [-0.15, -0.1) is 0 Å². The predicted molar refractivity (Wildman–Crippen MR) is 106 cm³/mol. The molecule has 0 saturated carbocycles. The maximum Gasteiger partial charge on any atom is 0.326 e. The van der Waals surface area contributed by atoms with Crippen LogP contribution in [0.25, 0.3) is 0 Å². The Morgan fingerprint density at radius 1 is 1.25 bits per heavy atom. The summed E-state index contributed by atoms with van der Waals surface area (Å²) in [5, 5.41) is 3.43. The molecule has 2 aromatic carbocycles. The summed E-state index contributed by atoms with van der Waals surface area (Å²) >= 11 is 6.01. The van der Waals surface area contributed by atoms with Crippen molar-refractivity contribution in [2.24, 2.45) is 0 Å². The van der Waals surface area contributed by atoms with Crippen molar-refractivity contribution in [3.8, 4) is 5.75 Å². The second-order valence-electron chi connectivity index (χ2n) is 6.49. The summed E-state index contributed by atoms with van der Waals surface area (Å²) in [5.74, 6) is 0.112. The number of hydrogen-bond acceptors (Lipinski definition) is 3. The maximum atomic E-state index is 13.7. The third-order valence-electron chi connectivity index (χ3n) is 4.57. The largest absolute Gasteiger partial charge is 0.487 e. The summed E-state index contributed by atoms with van der Waals surface area (Å²) in [6.45, 7) is 2.34. The van der Waals surface area contributed by atoms with Crippen molar-refractivity contribution in [1.29, 1.82) is 0 Å². The number of amides is 2. The van der Waals surface area contributed by atoms with E-state index in [0.29, 0.717) is 23.0 Å². The third kappa shape index (κ3) is 3.64. The lowest BCUT2D eigenvalue weighted by atomic mass is 10.1. The van der Waals surface area contributed by atoms with Crippen molar-refractivity contribution in [3.05, 3.63) is 82.4 Å². The third-order valence-corrected chi connectivity index (χ3v) is 4.80. The molecule has 0 bridgehead atoms. The molecular weight excluding hydrogens is 381 g/mol. The Labute approximate surface area is 166 Å². The molecule has 0 saturated heterocycles. The predicted octanol–water partition coefficient (Wildman–Crippen LogP) is 5.31. The van der Waals surface area contributed by atoms with E-state index < -0.39 is 5.82 Å². The molecule has 0 radical (unpaired) electrons. The van der Waals surface area contributed by atoms with E-state index in [9.17, 15) is 9.18 Å². The monoisotopic (exact) mass is 397 g/mol. The molecule has 2 amide bonds. The summed E-state index contributed by atoms with van der Waals surface area (Å²) in [6.07, 6.45) is 1.52. The zero-order valence-electron chi connectivity index (χ0n) is 15.1. The van der Waals surface area contributed by atoms with Gasteiger partial charge in [0.15, 0.2) is 0 Å². The molecule has 1 aliphatic rings. The van der Waals surface area contributed by atoms with Crippen molar-refractivity contribution in [1.82, 2.24) is 4.98 Å². The summed E-state index contributed by atoms with van der Waals surface area (Å²) < 4.78 is 19.4. The molecule has 0 fully saturated rings. The van der Waals surface area contributed by atoms with Crippen molar-refractivity contribution in [2.75, 3.05) is 10.2 Å². The van der Waals surface area contributed by atoms with Gasteiger partial charge in [0.2, 0.25) is 0 Å². The van der Waals surface area contributed by atoms with Crippen LogP contribution >= 0.6 is 11.6 Å². The topological polar surface area (TPSA) is 54.5 Å². The van der Waals surface area contributed by atoms with Gasteiger partial charge >= 0.3 is 6.03 Å². The number of rotatable bonds is 4. The fourth-order valence-electron chi connectivity index (χ4n) is 3.07. The van der Waals surface area contributed by atoms with Gasteiger partial charge in [-0.25, -0.2) is 9.18 Å². The first-order valence-electron chi connectivity index (χ1n) is 8.71. The summed E-state index contributed by atoms with van der Waals surface area (Å²) in [7, 11) is 0. The molecule has 0 unspecified atom stereocenters. The first kappa shape index (κ1) is 18.3. The Hall–Kier alpha value is -3.12. The van der Waals surface area contributed by atoms with Crippen molar-refractivity contribution >= 4 is 29.0 Å².